The van der Waals surface area contributed by atoms with Crippen LogP contribution in [0.4, 0.5) is 21.9 Å². The fourth-order valence-electron chi connectivity index (χ4n) is 2.97. The van der Waals surface area contributed by atoms with Crippen LogP contribution in [0.1, 0.15) is 30.4 Å². The molecule has 1 saturated heterocycles. The lowest BCUT2D eigenvalue weighted by Crippen LogP contribution is -2.35. The predicted molar refractivity (Wildman–Crippen MR) is 101 cm³/mol. The van der Waals surface area contributed by atoms with Crippen molar-refractivity contribution in [2.75, 3.05) is 22.1 Å². The molecule has 1 aliphatic heterocycles. The van der Waals surface area contributed by atoms with Gasteiger partial charge in [0.25, 0.3) is 0 Å². The van der Waals surface area contributed by atoms with Gasteiger partial charge in [-0.1, -0.05) is 23.8 Å². The van der Waals surface area contributed by atoms with Gasteiger partial charge in [-0.25, -0.2) is 4.79 Å². The monoisotopic (exact) mass is 337 g/mol. The highest BCUT2D eigenvalue weighted by atomic mass is 16.2. The third-order valence-electron chi connectivity index (χ3n) is 4.39. The van der Waals surface area contributed by atoms with E-state index >= 15 is 0 Å². The number of rotatable bonds is 3. The van der Waals surface area contributed by atoms with Crippen LogP contribution in [0.2, 0.25) is 0 Å². The fourth-order valence-corrected chi connectivity index (χ4v) is 2.97. The van der Waals surface area contributed by atoms with E-state index in [4.69, 9.17) is 0 Å². The van der Waals surface area contributed by atoms with E-state index in [9.17, 15) is 9.59 Å². The van der Waals surface area contributed by atoms with Gasteiger partial charge in [-0.2, -0.15) is 0 Å². The molecule has 0 aromatic heterocycles. The average molecular weight is 337 g/mol. The Morgan fingerprint density at radius 3 is 2.36 bits per heavy atom. The SMILES string of the molecule is Cc1ccc(NC(=O)Nc2ccc(C)c(N3CCCCC3=O)c2)cc1. The lowest BCUT2D eigenvalue weighted by atomic mass is 10.1. The molecule has 0 atom stereocenters. The summed E-state index contributed by atoms with van der Waals surface area (Å²) < 4.78 is 0. The van der Waals surface area contributed by atoms with Gasteiger partial charge in [-0.15, -0.1) is 0 Å². The van der Waals surface area contributed by atoms with E-state index in [-0.39, 0.29) is 11.9 Å². The Morgan fingerprint density at radius 1 is 0.960 bits per heavy atom. The minimum atomic E-state index is -0.302. The molecule has 3 rings (SSSR count). The Bertz CT molecular complexity index is 784. The van der Waals surface area contributed by atoms with Crippen molar-refractivity contribution < 1.29 is 9.59 Å². The first-order valence-electron chi connectivity index (χ1n) is 8.58. The van der Waals surface area contributed by atoms with Gasteiger partial charge in [-0.05, 0) is 56.5 Å². The molecule has 0 bridgehead atoms. The number of benzene rings is 2. The summed E-state index contributed by atoms with van der Waals surface area (Å²) in [5.41, 5.74) is 4.45. The number of carbonyl (C=O) groups excluding carboxylic acids is 2. The summed E-state index contributed by atoms with van der Waals surface area (Å²) in [4.78, 5) is 26.2. The standard InChI is InChI=1S/C20H23N3O2/c1-14-6-9-16(10-7-14)21-20(25)22-17-11-8-15(2)18(13-17)23-12-4-3-5-19(23)24/h6-11,13H,3-5,12H2,1-2H3,(H2,21,22,25). The van der Waals surface area contributed by atoms with Crippen LogP contribution < -0.4 is 15.5 Å². The smallest absolute Gasteiger partial charge is 0.312 e. The molecule has 0 aliphatic carbocycles. The van der Waals surface area contributed by atoms with E-state index in [0.717, 1.165) is 41.9 Å². The summed E-state index contributed by atoms with van der Waals surface area (Å²) in [6.07, 6.45) is 2.55. The van der Waals surface area contributed by atoms with Crippen molar-refractivity contribution in [3.05, 3.63) is 53.6 Å². The highest BCUT2D eigenvalue weighted by molar-refractivity contribution is 6.01. The van der Waals surface area contributed by atoms with Crippen molar-refractivity contribution in [2.45, 2.75) is 33.1 Å². The Morgan fingerprint density at radius 2 is 1.64 bits per heavy atom. The maximum atomic E-state index is 12.2. The molecule has 5 nitrogen and oxygen atoms in total. The lowest BCUT2D eigenvalue weighted by Gasteiger charge is -2.28. The van der Waals surface area contributed by atoms with E-state index in [1.807, 2.05) is 61.2 Å². The third kappa shape index (κ3) is 4.18. The molecule has 130 valence electrons. The van der Waals surface area contributed by atoms with Crippen molar-refractivity contribution in [2.24, 2.45) is 0 Å². The number of piperidine rings is 1. The summed E-state index contributed by atoms with van der Waals surface area (Å²) in [7, 11) is 0. The molecule has 25 heavy (non-hydrogen) atoms. The van der Waals surface area contributed by atoms with E-state index < -0.39 is 0 Å². The molecule has 5 heteroatoms. The Kier molecular flexibility index (Phi) is 5.03. The molecular formula is C20H23N3O2. The van der Waals surface area contributed by atoms with Gasteiger partial charge in [0.05, 0.1) is 0 Å². The summed E-state index contributed by atoms with van der Waals surface area (Å²) in [5, 5.41) is 5.65. The molecule has 2 aromatic rings. The molecule has 0 radical (unpaired) electrons. The number of aryl methyl sites for hydroxylation is 2. The first kappa shape index (κ1) is 17.0. The van der Waals surface area contributed by atoms with E-state index in [1.165, 1.54) is 0 Å². The van der Waals surface area contributed by atoms with Gasteiger partial charge in [0.2, 0.25) is 5.91 Å². The zero-order valence-electron chi connectivity index (χ0n) is 14.6. The number of nitrogens with one attached hydrogen (secondary N) is 2. The zero-order chi connectivity index (χ0) is 17.8. The Hall–Kier alpha value is -2.82. The van der Waals surface area contributed by atoms with Crippen LogP contribution in [0, 0.1) is 13.8 Å². The normalized spacial score (nSPS) is 14.3. The van der Waals surface area contributed by atoms with Crippen LogP contribution in [-0.2, 0) is 4.79 Å². The maximum Gasteiger partial charge on any atom is 0.323 e. The first-order chi connectivity index (χ1) is 12.0. The minimum Gasteiger partial charge on any atom is -0.312 e. The van der Waals surface area contributed by atoms with Crippen LogP contribution in [0.5, 0.6) is 0 Å². The number of hydrogen-bond donors (Lipinski definition) is 2. The molecule has 2 aromatic carbocycles. The Labute approximate surface area is 148 Å². The van der Waals surface area contributed by atoms with Crippen molar-refractivity contribution >= 4 is 29.0 Å². The minimum absolute atomic E-state index is 0.149. The van der Waals surface area contributed by atoms with Gasteiger partial charge >= 0.3 is 6.03 Å². The van der Waals surface area contributed by atoms with E-state index in [0.29, 0.717) is 12.1 Å². The van der Waals surface area contributed by atoms with Gasteiger partial charge in [0, 0.05) is 30.0 Å². The summed E-state index contributed by atoms with van der Waals surface area (Å²) in [6.45, 7) is 4.71. The van der Waals surface area contributed by atoms with Crippen LogP contribution in [-0.4, -0.2) is 18.5 Å². The van der Waals surface area contributed by atoms with Gasteiger partial charge in [-0.3, -0.25) is 4.79 Å². The number of carbonyl (C=O) groups is 2. The number of nitrogens with zero attached hydrogens (tertiary/aromatic N) is 1. The molecule has 1 aliphatic rings. The Balaban J connectivity index is 1.72. The highest BCUT2D eigenvalue weighted by Crippen LogP contribution is 2.27. The number of urea groups is 1. The van der Waals surface area contributed by atoms with Crippen LogP contribution in [0.15, 0.2) is 42.5 Å². The molecule has 0 spiro atoms. The highest BCUT2D eigenvalue weighted by Gasteiger charge is 2.21. The summed E-state index contributed by atoms with van der Waals surface area (Å²) >= 11 is 0. The van der Waals surface area contributed by atoms with Crippen LogP contribution in [0.3, 0.4) is 0 Å². The van der Waals surface area contributed by atoms with Gasteiger partial charge < -0.3 is 15.5 Å². The third-order valence-corrected chi connectivity index (χ3v) is 4.39. The molecular weight excluding hydrogens is 314 g/mol. The molecule has 0 saturated carbocycles. The molecule has 1 fully saturated rings. The largest absolute Gasteiger partial charge is 0.323 e. The second kappa shape index (κ2) is 7.38. The molecule has 1 heterocycles. The van der Waals surface area contributed by atoms with Crippen molar-refractivity contribution in [3.63, 3.8) is 0 Å². The fraction of sp³-hybridized carbons (Fsp3) is 0.300. The second-order valence-electron chi connectivity index (χ2n) is 6.45. The quantitative estimate of drug-likeness (QED) is 0.868. The lowest BCUT2D eigenvalue weighted by molar-refractivity contribution is -0.119. The summed E-state index contributed by atoms with van der Waals surface area (Å²) in [5.74, 6) is 0.149. The van der Waals surface area contributed by atoms with Crippen LogP contribution >= 0.6 is 0 Å². The number of anilines is 3. The van der Waals surface area contributed by atoms with Gasteiger partial charge in [0.1, 0.15) is 0 Å². The average Bonchev–Trinajstić information content (AvgIpc) is 2.59. The topological polar surface area (TPSA) is 61.4 Å². The first-order valence-corrected chi connectivity index (χ1v) is 8.58. The van der Waals surface area contributed by atoms with Crippen molar-refractivity contribution in [3.8, 4) is 0 Å². The summed E-state index contributed by atoms with van der Waals surface area (Å²) in [6, 6.07) is 13.0. The van der Waals surface area contributed by atoms with Gasteiger partial charge in [0.15, 0.2) is 0 Å². The molecule has 0 unspecified atom stereocenters. The van der Waals surface area contributed by atoms with Crippen molar-refractivity contribution in [1.29, 1.82) is 0 Å². The van der Waals surface area contributed by atoms with Crippen molar-refractivity contribution in [1.82, 2.24) is 0 Å². The number of amides is 3. The van der Waals surface area contributed by atoms with E-state index in [1.54, 1.807) is 0 Å². The molecule has 3 amide bonds. The second-order valence-corrected chi connectivity index (χ2v) is 6.45. The van der Waals surface area contributed by atoms with Crippen LogP contribution in [0.25, 0.3) is 0 Å². The molecule has 2 N–H and O–H groups in total. The predicted octanol–water partition coefficient (Wildman–Crippen LogP) is 4.46. The maximum absolute atomic E-state index is 12.2. The number of hydrogen-bond acceptors (Lipinski definition) is 2. The zero-order valence-corrected chi connectivity index (χ0v) is 14.6. The van der Waals surface area contributed by atoms with E-state index in [2.05, 4.69) is 10.6 Å².